The molecular weight excluding hydrogens is 448 g/mol. The number of rotatable bonds is 6. The number of hydrogen-bond acceptors (Lipinski definition) is 5. The molecule has 0 aliphatic carbocycles. The van der Waals surface area contributed by atoms with Gasteiger partial charge in [-0.3, -0.25) is 9.59 Å². The van der Waals surface area contributed by atoms with Crippen LogP contribution in [0.2, 0.25) is 0 Å². The van der Waals surface area contributed by atoms with Crippen LogP contribution in [0.4, 0.5) is 11.4 Å². The summed E-state index contributed by atoms with van der Waals surface area (Å²) in [6.45, 7) is 6.58. The van der Waals surface area contributed by atoms with E-state index < -0.39 is 0 Å². The molecule has 7 nitrogen and oxygen atoms in total. The molecule has 5 rings (SSSR count). The largest absolute Gasteiger partial charge is 0.482 e. The average Bonchev–Trinajstić information content (AvgIpc) is 3.42. The SMILES string of the molecule is Cc1ccc(N=c2scc(-c3ccc4c(c3)NC(=O)CO4)n2CCCN2CCCC2=O)cc1C. The number of amides is 2. The summed E-state index contributed by atoms with van der Waals surface area (Å²) in [6, 6.07) is 12.1. The summed E-state index contributed by atoms with van der Waals surface area (Å²) in [5, 5.41) is 5.00. The number of fused-ring (bicyclic) bond motifs is 1. The second-order valence-corrected chi connectivity index (χ2v) is 9.66. The van der Waals surface area contributed by atoms with Gasteiger partial charge in [0, 0.05) is 37.0 Å². The van der Waals surface area contributed by atoms with Crippen LogP contribution in [0.3, 0.4) is 0 Å². The molecule has 0 bridgehead atoms. The summed E-state index contributed by atoms with van der Waals surface area (Å²) < 4.78 is 7.74. The van der Waals surface area contributed by atoms with Crippen molar-refractivity contribution in [1.29, 1.82) is 0 Å². The van der Waals surface area contributed by atoms with Gasteiger partial charge in [-0.15, -0.1) is 11.3 Å². The molecule has 2 amide bonds. The third-order valence-corrected chi connectivity index (χ3v) is 7.27. The van der Waals surface area contributed by atoms with Gasteiger partial charge in [-0.2, -0.15) is 0 Å². The van der Waals surface area contributed by atoms with Gasteiger partial charge in [-0.1, -0.05) is 6.07 Å². The minimum atomic E-state index is -0.149. The molecule has 0 unspecified atom stereocenters. The number of ether oxygens (including phenoxy) is 1. The smallest absolute Gasteiger partial charge is 0.262 e. The molecule has 3 heterocycles. The summed E-state index contributed by atoms with van der Waals surface area (Å²) in [5.74, 6) is 0.780. The van der Waals surface area contributed by atoms with Crippen LogP contribution in [0.1, 0.15) is 30.4 Å². The van der Waals surface area contributed by atoms with Crippen molar-refractivity contribution in [2.45, 2.75) is 39.7 Å². The molecule has 34 heavy (non-hydrogen) atoms. The lowest BCUT2D eigenvalue weighted by atomic mass is 10.1. The molecular formula is C26H28N4O3S. The van der Waals surface area contributed by atoms with Crippen molar-refractivity contribution in [3.8, 4) is 17.0 Å². The van der Waals surface area contributed by atoms with Crippen LogP contribution in [0.25, 0.3) is 11.3 Å². The monoisotopic (exact) mass is 476 g/mol. The highest BCUT2D eigenvalue weighted by Gasteiger charge is 2.20. The molecule has 1 fully saturated rings. The quantitative estimate of drug-likeness (QED) is 0.573. The van der Waals surface area contributed by atoms with E-state index in [0.29, 0.717) is 17.9 Å². The lowest BCUT2D eigenvalue weighted by Crippen LogP contribution is -2.27. The number of carbonyl (C=O) groups is 2. The number of likely N-dealkylation sites (tertiary alicyclic amines) is 1. The lowest BCUT2D eigenvalue weighted by Gasteiger charge is -2.19. The topological polar surface area (TPSA) is 75.9 Å². The molecule has 0 spiro atoms. The predicted octanol–water partition coefficient (Wildman–Crippen LogP) is 4.41. The number of anilines is 1. The van der Waals surface area contributed by atoms with Crippen LogP contribution in [0.5, 0.6) is 5.75 Å². The minimum absolute atomic E-state index is 0.0407. The number of benzene rings is 2. The van der Waals surface area contributed by atoms with Crippen molar-refractivity contribution in [3.05, 3.63) is 57.7 Å². The number of nitrogens with one attached hydrogen (secondary N) is 1. The molecule has 2 aliphatic rings. The Balaban J connectivity index is 1.50. The van der Waals surface area contributed by atoms with Gasteiger partial charge in [0.2, 0.25) is 5.91 Å². The molecule has 1 saturated heterocycles. The van der Waals surface area contributed by atoms with Gasteiger partial charge in [0.05, 0.1) is 17.1 Å². The van der Waals surface area contributed by atoms with Crippen LogP contribution in [-0.2, 0) is 16.1 Å². The minimum Gasteiger partial charge on any atom is -0.482 e. The number of carbonyl (C=O) groups excluding carboxylic acids is 2. The highest BCUT2D eigenvalue weighted by Crippen LogP contribution is 2.33. The molecule has 3 aromatic rings. The number of hydrogen-bond donors (Lipinski definition) is 1. The van der Waals surface area contributed by atoms with Crippen LogP contribution >= 0.6 is 11.3 Å². The summed E-state index contributed by atoms with van der Waals surface area (Å²) >= 11 is 1.59. The van der Waals surface area contributed by atoms with Crippen molar-refractivity contribution in [2.75, 3.05) is 25.0 Å². The zero-order chi connectivity index (χ0) is 23.7. The Morgan fingerprint density at radius 3 is 2.76 bits per heavy atom. The zero-order valence-electron chi connectivity index (χ0n) is 19.5. The third kappa shape index (κ3) is 4.63. The molecule has 0 saturated carbocycles. The van der Waals surface area contributed by atoms with Crippen LogP contribution < -0.4 is 14.9 Å². The maximum Gasteiger partial charge on any atom is 0.262 e. The maximum absolute atomic E-state index is 12.0. The Kier molecular flexibility index (Phi) is 6.24. The zero-order valence-corrected chi connectivity index (χ0v) is 20.3. The van der Waals surface area contributed by atoms with Crippen LogP contribution in [0, 0.1) is 13.8 Å². The fourth-order valence-electron chi connectivity index (χ4n) is 4.37. The van der Waals surface area contributed by atoms with Crippen LogP contribution in [0.15, 0.2) is 46.8 Å². The Bertz CT molecular complexity index is 1320. The molecule has 0 atom stereocenters. The fraction of sp³-hybridized carbons (Fsp3) is 0.346. The van der Waals surface area contributed by atoms with Gasteiger partial charge in [0.25, 0.3) is 5.91 Å². The molecule has 2 aliphatic heterocycles. The first-order valence-electron chi connectivity index (χ1n) is 11.6. The van der Waals surface area contributed by atoms with E-state index in [1.165, 1.54) is 11.1 Å². The Morgan fingerprint density at radius 1 is 1.09 bits per heavy atom. The molecule has 2 aromatic carbocycles. The summed E-state index contributed by atoms with van der Waals surface area (Å²) in [6.07, 6.45) is 2.46. The van der Waals surface area contributed by atoms with Crippen molar-refractivity contribution < 1.29 is 14.3 Å². The van der Waals surface area contributed by atoms with E-state index in [1.54, 1.807) is 11.3 Å². The maximum atomic E-state index is 12.0. The first kappa shape index (κ1) is 22.4. The van der Waals surface area contributed by atoms with Crippen molar-refractivity contribution in [1.82, 2.24) is 9.47 Å². The molecule has 176 valence electrons. The highest BCUT2D eigenvalue weighted by molar-refractivity contribution is 7.07. The van der Waals surface area contributed by atoms with Gasteiger partial charge in [-0.25, -0.2) is 4.99 Å². The van der Waals surface area contributed by atoms with Crippen molar-refractivity contribution in [2.24, 2.45) is 4.99 Å². The Labute approximate surface area is 202 Å². The molecule has 8 heteroatoms. The van der Waals surface area contributed by atoms with Crippen molar-refractivity contribution >= 4 is 34.5 Å². The van der Waals surface area contributed by atoms with Crippen LogP contribution in [-0.4, -0.2) is 41.0 Å². The summed E-state index contributed by atoms with van der Waals surface area (Å²) in [4.78, 5) is 31.7. The van der Waals surface area contributed by atoms with Gasteiger partial charge < -0.3 is 19.5 Å². The molecule has 1 N–H and O–H groups in total. The van der Waals surface area contributed by atoms with Crippen molar-refractivity contribution in [3.63, 3.8) is 0 Å². The second kappa shape index (κ2) is 9.46. The van der Waals surface area contributed by atoms with E-state index in [0.717, 1.165) is 54.2 Å². The van der Waals surface area contributed by atoms with E-state index in [1.807, 2.05) is 29.2 Å². The normalized spacial score (nSPS) is 15.9. The Morgan fingerprint density at radius 2 is 1.97 bits per heavy atom. The standard InChI is InChI=1S/C26H28N4O3S/c1-17-6-8-20(13-18(17)2)27-26-30(12-4-11-29-10-3-5-25(29)32)22(16-34-26)19-7-9-23-21(14-19)28-24(31)15-33-23/h6-9,13-14,16H,3-5,10-12,15H2,1-2H3,(H,28,31). The fourth-order valence-corrected chi connectivity index (χ4v) is 5.33. The Hall–Kier alpha value is -3.39. The third-order valence-electron chi connectivity index (χ3n) is 6.40. The van der Waals surface area contributed by atoms with Gasteiger partial charge >= 0.3 is 0 Å². The van der Waals surface area contributed by atoms with E-state index in [4.69, 9.17) is 9.73 Å². The highest BCUT2D eigenvalue weighted by atomic mass is 32.1. The second-order valence-electron chi connectivity index (χ2n) is 8.82. The van der Waals surface area contributed by atoms with Gasteiger partial charge in [0.1, 0.15) is 5.75 Å². The van der Waals surface area contributed by atoms with Gasteiger partial charge in [0.15, 0.2) is 11.4 Å². The number of nitrogens with zero attached hydrogens (tertiary/aromatic N) is 3. The molecule has 0 radical (unpaired) electrons. The lowest BCUT2D eigenvalue weighted by molar-refractivity contribution is -0.127. The predicted molar refractivity (Wildman–Crippen MR) is 133 cm³/mol. The average molecular weight is 477 g/mol. The van der Waals surface area contributed by atoms with E-state index in [2.05, 4.69) is 41.2 Å². The van der Waals surface area contributed by atoms with E-state index in [9.17, 15) is 9.59 Å². The first-order valence-corrected chi connectivity index (χ1v) is 12.5. The molecule has 1 aromatic heterocycles. The number of aryl methyl sites for hydroxylation is 2. The summed E-state index contributed by atoms with van der Waals surface area (Å²) in [7, 11) is 0. The van der Waals surface area contributed by atoms with E-state index >= 15 is 0 Å². The first-order chi connectivity index (χ1) is 16.5. The number of aromatic nitrogens is 1. The van der Waals surface area contributed by atoms with E-state index in [-0.39, 0.29) is 18.4 Å². The number of thiazole rings is 1. The van der Waals surface area contributed by atoms with Gasteiger partial charge in [-0.05, 0) is 68.1 Å². The summed E-state index contributed by atoms with van der Waals surface area (Å²) in [5.41, 5.74) is 6.07.